The lowest BCUT2D eigenvalue weighted by molar-refractivity contribution is -0.202. The molecule has 0 aliphatic carbocycles. The normalized spacial score (nSPS) is 31.0. The van der Waals surface area contributed by atoms with Gasteiger partial charge in [0.2, 0.25) is 0 Å². The highest BCUT2D eigenvalue weighted by Crippen LogP contribution is 2.30. The van der Waals surface area contributed by atoms with Crippen LogP contribution in [-0.4, -0.2) is 58.4 Å². The molecule has 0 aromatic heterocycles. The van der Waals surface area contributed by atoms with Gasteiger partial charge < -0.3 is 29.5 Å². The first-order chi connectivity index (χ1) is 10.2. The van der Waals surface area contributed by atoms with Crippen molar-refractivity contribution in [3.8, 4) is 0 Å². The van der Waals surface area contributed by atoms with Crippen molar-refractivity contribution in [3.63, 3.8) is 0 Å². The molecule has 1 aliphatic rings. The molecule has 3 N–H and O–H groups in total. The third-order valence-electron chi connectivity index (χ3n) is 3.97. The van der Waals surface area contributed by atoms with Gasteiger partial charge in [0, 0.05) is 12.8 Å². The maximum Gasteiger partial charge on any atom is 0.166 e. The molecule has 2 unspecified atom stereocenters. The second-order valence-corrected chi connectivity index (χ2v) is 6.47. The summed E-state index contributed by atoms with van der Waals surface area (Å²) in [7, 11) is 0. The average molecular weight is 320 g/mol. The Balaban J connectivity index is 2.35. The molecule has 1 heterocycles. The minimum absolute atomic E-state index is 0.172. The van der Waals surface area contributed by atoms with Gasteiger partial charge in [-0.3, -0.25) is 0 Å². The van der Waals surface area contributed by atoms with E-state index in [0.717, 1.165) is 19.3 Å². The average Bonchev–Trinajstić information content (AvgIpc) is 2.80. The van der Waals surface area contributed by atoms with Crippen LogP contribution in [0.3, 0.4) is 0 Å². The fourth-order valence-corrected chi connectivity index (χ4v) is 2.75. The van der Waals surface area contributed by atoms with Gasteiger partial charge in [-0.2, -0.15) is 0 Å². The van der Waals surface area contributed by atoms with Crippen molar-refractivity contribution in [2.45, 2.75) is 89.7 Å². The first-order valence-electron chi connectivity index (χ1n) is 8.27. The fraction of sp³-hybridized carbons (Fsp3) is 1.00. The minimum atomic E-state index is -1.19. The second kappa shape index (κ2) is 8.57. The number of hydrogen-bond donors (Lipinski definition) is 3. The molecule has 1 fully saturated rings. The molecule has 0 spiro atoms. The Morgan fingerprint density at radius 3 is 2.59 bits per heavy atom. The van der Waals surface area contributed by atoms with E-state index in [2.05, 4.69) is 0 Å². The van der Waals surface area contributed by atoms with Crippen molar-refractivity contribution in [1.82, 2.24) is 0 Å². The van der Waals surface area contributed by atoms with Crippen molar-refractivity contribution < 1.29 is 29.5 Å². The van der Waals surface area contributed by atoms with E-state index < -0.39 is 29.9 Å². The molecular weight excluding hydrogens is 288 g/mol. The van der Waals surface area contributed by atoms with E-state index in [1.807, 2.05) is 20.8 Å². The van der Waals surface area contributed by atoms with Crippen molar-refractivity contribution in [1.29, 1.82) is 0 Å². The zero-order chi connectivity index (χ0) is 16.8. The summed E-state index contributed by atoms with van der Waals surface area (Å²) in [4.78, 5) is 0. The Kier molecular flexibility index (Phi) is 7.71. The molecule has 0 saturated carbocycles. The largest absolute Gasteiger partial charge is 0.390 e. The smallest absolute Gasteiger partial charge is 0.166 e. The maximum absolute atomic E-state index is 10.2. The summed E-state index contributed by atoms with van der Waals surface area (Å²) in [5.41, 5.74) is 0. The molecule has 0 aromatic rings. The van der Waals surface area contributed by atoms with Gasteiger partial charge in [0.1, 0.15) is 12.2 Å². The van der Waals surface area contributed by atoms with Gasteiger partial charge in [-0.1, -0.05) is 26.7 Å². The summed E-state index contributed by atoms with van der Waals surface area (Å²) in [6, 6.07) is 0. The van der Waals surface area contributed by atoms with E-state index in [9.17, 15) is 15.3 Å². The highest BCUT2D eigenvalue weighted by atomic mass is 16.7. The van der Waals surface area contributed by atoms with Crippen LogP contribution in [0, 0.1) is 0 Å². The highest BCUT2D eigenvalue weighted by Gasteiger charge is 2.41. The van der Waals surface area contributed by atoms with Crippen LogP contribution in [0.1, 0.15) is 59.8 Å². The van der Waals surface area contributed by atoms with E-state index in [4.69, 9.17) is 14.2 Å². The summed E-state index contributed by atoms with van der Waals surface area (Å²) in [6.07, 6.45) is 0.682. The standard InChI is InChI=1S/C16H32O6/c1-5-8-15(3,19)20-10-7-12(17)14(18)13-11-21-16(4,22-13)9-6-2/h12-14,17-19H,5-11H2,1-4H3/t12-,13+,14+,15?,16?/m0/s1. The molecule has 132 valence electrons. The lowest BCUT2D eigenvalue weighted by atomic mass is 10.1. The third-order valence-corrected chi connectivity index (χ3v) is 3.97. The summed E-state index contributed by atoms with van der Waals surface area (Å²) >= 11 is 0. The molecule has 0 radical (unpaired) electrons. The van der Waals surface area contributed by atoms with Crippen LogP contribution >= 0.6 is 0 Å². The second-order valence-electron chi connectivity index (χ2n) is 6.47. The van der Waals surface area contributed by atoms with Gasteiger partial charge in [0.15, 0.2) is 11.6 Å². The lowest BCUT2D eigenvalue weighted by Gasteiger charge is -2.27. The van der Waals surface area contributed by atoms with Gasteiger partial charge >= 0.3 is 0 Å². The highest BCUT2D eigenvalue weighted by molar-refractivity contribution is 4.83. The molecular formula is C16H32O6. The third kappa shape index (κ3) is 6.10. The zero-order valence-electron chi connectivity index (χ0n) is 14.2. The zero-order valence-corrected chi connectivity index (χ0v) is 14.2. The van der Waals surface area contributed by atoms with Crippen LogP contribution in [0.15, 0.2) is 0 Å². The molecule has 1 rings (SSSR count). The Morgan fingerprint density at radius 2 is 2.00 bits per heavy atom. The number of hydrogen-bond acceptors (Lipinski definition) is 6. The van der Waals surface area contributed by atoms with Gasteiger partial charge in [-0.15, -0.1) is 0 Å². The molecule has 1 saturated heterocycles. The fourth-order valence-electron chi connectivity index (χ4n) is 2.75. The first kappa shape index (κ1) is 19.8. The van der Waals surface area contributed by atoms with Crippen molar-refractivity contribution in [2.75, 3.05) is 13.2 Å². The minimum Gasteiger partial charge on any atom is -0.390 e. The van der Waals surface area contributed by atoms with E-state index in [1.165, 1.54) is 0 Å². The van der Waals surface area contributed by atoms with Crippen LogP contribution < -0.4 is 0 Å². The Morgan fingerprint density at radius 1 is 1.32 bits per heavy atom. The van der Waals surface area contributed by atoms with Crippen LogP contribution in [-0.2, 0) is 14.2 Å². The summed E-state index contributed by atoms with van der Waals surface area (Å²) in [5.74, 6) is -1.87. The Bertz CT molecular complexity index is 322. The molecule has 0 aromatic carbocycles. The lowest BCUT2D eigenvalue weighted by Crippen LogP contribution is -2.41. The van der Waals surface area contributed by atoms with E-state index in [1.54, 1.807) is 6.92 Å². The number of aliphatic hydroxyl groups excluding tert-OH is 2. The predicted octanol–water partition coefficient (Wildman–Crippen LogP) is 1.56. The first-order valence-corrected chi connectivity index (χ1v) is 8.27. The van der Waals surface area contributed by atoms with E-state index >= 15 is 0 Å². The molecule has 1 aliphatic heterocycles. The molecule has 5 atom stereocenters. The molecule has 0 amide bonds. The van der Waals surface area contributed by atoms with E-state index in [-0.39, 0.29) is 19.6 Å². The molecule has 22 heavy (non-hydrogen) atoms. The van der Waals surface area contributed by atoms with Crippen LogP contribution in [0.2, 0.25) is 0 Å². The van der Waals surface area contributed by atoms with Crippen molar-refractivity contribution in [2.24, 2.45) is 0 Å². The molecule has 6 heteroatoms. The SMILES string of the molecule is CCCC(C)(O)OCC[C@H](O)[C@@H](O)[C@H]1COC(C)(CCC)O1. The summed E-state index contributed by atoms with van der Waals surface area (Å²) in [5, 5.41) is 30.1. The Hall–Kier alpha value is -0.240. The topological polar surface area (TPSA) is 88.4 Å². The van der Waals surface area contributed by atoms with E-state index in [0.29, 0.717) is 6.42 Å². The molecule has 6 nitrogen and oxygen atoms in total. The molecule has 0 bridgehead atoms. The van der Waals surface area contributed by atoms with Crippen molar-refractivity contribution in [3.05, 3.63) is 0 Å². The summed E-state index contributed by atoms with van der Waals surface area (Å²) < 4.78 is 16.7. The van der Waals surface area contributed by atoms with Gasteiger partial charge in [-0.05, 0) is 20.3 Å². The van der Waals surface area contributed by atoms with Gasteiger partial charge in [0.05, 0.1) is 19.3 Å². The number of aliphatic hydroxyl groups is 3. The maximum atomic E-state index is 10.2. The number of ether oxygens (including phenoxy) is 3. The van der Waals surface area contributed by atoms with Crippen molar-refractivity contribution >= 4 is 0 Å². The predicted molar refractivity (Wildman–Crippen MR) is 82.3 cm³/mol. The summed E-state index contributed by atoms with van der Waals surface area (Å²) in [6.45, 7) is 7.88. The monoisotopic (exact) mass is 320 g/mol. The van der Waals surface area contributed by atoms with Crippen LogP contribution in [0.4, 0.5) is 0 Å². The van der Waals surface area contributed by atoms with Crippen LogP contribution in [0.5, 0.6) is 0 Å². The van der Waals surface area contributed by atoms with Crippen LogP contribution in [0.25, 0.3) is 0 Å². The quantitative estimate of drug-likeness (QED) is 0.529. The Labute approximate surface area is 133 Å². The van der Waals surface area contributed by atoms with Gasteiger partial charge in [-0.25, -0.2) is 0 Å². The number of rotatable bonds is 10. The van der Waals surface area contributed by atoms with Gasteiger partial charge in [0.25, 0.3) is 0 Å².